The van der Waals surface area contributed by atoms with Crippen LogP contribution in [0.2, 0.25) is 0 Å². The molecule has 0 saturated heterocycles. The average Bonchev–Trinajstić information content (AvgIpc) is 2.21. The summed E-state index contributed by atoms with van der Waals surface area (Å²) in [5.74, 6) is 0.344. The lowest BCUT2D eigenvalue weighted by molar-refractivity contribution is -0.118. The lowest BCUT2D eigenvalue weighted by Crippen LogP contribution is -2.15. The Hall–Kier alpha value is -1.97. The van der Waals surface area contributed by atoms with Crippen LogP contribution in [0.3, 0.4) is 0 Å². The minimum atomic E-state index is -0.374. The van der Waals surface area contributed by atoms with Crippen molar-refractivity contribution >= 4 is 11.6 Å². The van der Waals surface area contributed by atoms with Gasteiger partial charge in [0.2, 0.25) is 5.91 Å². The Labute approximate surface area is 94.9 Å². The number of carbonyl (C=O) groups is 1. The Morgan fingerprint density at radius 2 is 2.25 bits per heavy atom. The molecule has 0 bridgehead atoms. The fraction of sp³-hybridized carbons (Fsp3) is 0.250. The number of carbonyl (C=O) groups excluding carboxylic acids is 1. The zero-order chi connectivity index (χ0) is 12.0. The number of primary amides is 1. The Balaban J connectivity index is 2.70. The molecule has 1 aromatic rings. The first kappa shape index (κ1) is 12.1. The third-order valence-corrected chi connectivity index (χ3v) is 2.05. The van der Waals surface area contributed by atoms with Gasteiger partial charge in [0.25, 0.3) is 0 Å². The number of rotatable bonds is 6. The van der Waals surface area contributed by atoms with E-state index in [-0.39, 0.29) is 18.9 Å². The van der Waals surface area contributed by atoms with Gasteiger partial charge >= 0.3 is 0 Å². The average molecular weight is 220 g/mol. The van der Waals surface area contributed by atoms with Crippen LogP contribution in [-0.2, 0) is 11.2 Å². The van der Waals surface area contributed by atoms with Crippen molar-refractivity contribution in [3.8, 4) is 5.75 Å². The molecule has 1 aromatic carbocycles. The third kappa shape index (κ3) is 3.65. The summed E-state index contributed by atoms with van der Waals surface area (Å²) < 4.78 is 5.45. The molecule has 0 aliphatic heterocycles. The monoisotopic (exact) mass is 220 g/mol. The van der Waals surface area contributed by atoms with Gasteiger partial charge in [-0.15, -0.1) is 6.58 Å². The summed E-state index contributed by atoms with van der Waals surface area (Å²) in [7, 11) is 0. The molecule has 86 valence electrons. The van der Waals surface area contributed by atoms with Crippen molar-refractivity contribution in [3.63, 3.8) is 0 Å². The lowest BCUT2D eigenvalue weighted by atomic mass is 10.1. The van der Waals surface area contributed by atoms with Gasteiger partial charge < -0.3 is 16.2 Å². The first-order chi connectivity index (χ1) is 7.63. The van der Waals surface area contributed by atoms with Gasteiger partial charge in [0.05, 0.1) is 13.0 Å². The van der Waals surface area contributed by atoms with Crippen LogP contribution in [-0.4, -0.2) is 12.5 Å². The molecule has 0 spiro atoms. The van der Waals surface area contributed by atoms with E-state index in [9.17, 15) is 4.79 Å². The van der Waals surface area contributed by atoms with Crippen LogP contribution in [0.1, 0.15) is 12.0 Å². The summed E-state index contributed by atoms with van der Waals surface area (Å²) in [5.41, 5.74) is 12.3. The summed E-state index contributed by atoms with van der Waals surface area (Å²) >= 11 is 0. The second kappa shape index (κ2) is 5.80. The number of ether oxygens (including phenoxy) is 1. The Kier molecular flexibility index (Phi) is 4.39. The fourth-order valence-corrected chi connectivity index (χ4v) is 1.32. The highest BCUT2D eigenvalue weighted by atomic mass is 16.5. The van der Waals surface area contributed by atoms with Gasteiger partial charge in [-0.3, -0.25) is 4.79 Å². The Morgan fingerprint density at radius 1 is 1.50 bits per heavy atom. The van der Waals surface area contributed by atoms with Crippen LogP contribution in [0.5, 0.6) is 5.75 Å². The molecule has 16 heavy (non-hydrogen) atoms. The normalized spacial score (nSPS) is 9.75. The summed E-state index contributed by atoms with van der Waals surface area (Å²) in [6.45, 7) is 3.95. The van der Waals surface area contributed by atoms with E-state index >= 15 is 0 Å². The topological polar surface area (TPSA) is 78.3 Å². The number of hydrogen-bond donors (Lipinski definition) is 2. The SMILES string of the molecule is C=CCc1cc(N)ccc1OCCC(N)=O. The molecule has 0 aromatic heterocycles. The van der Waals surface area contributed by atoms with Gasteiger partial charge in [0, 0.05) is 5.69 Å². The number of hydrogen-bond acceptors (Lipinski definition) is 3. The first-order valence-corrected chi connectivity index (χ1v) is 5.04. The largest absolute Gasteiger partial charge is 0.493 e. The molecule has 0 radical (unpaired) electrons. The molecule has 1 rings (SSSR count). The van der Waals surface area contributed by atoms with Crippen LogP contribution < -0.4 is 16.2 Å². The summed E-state index contributed by atoms with van der Waals surface area (Å²) in [4.78, 5) is 10.6. The van der Waals surface area contributed by atoms with E-state index < -0.39 is 0 Å². The van der Waals surface area contributed by atoms with Crippen molar-refractivity contribution in [1.82, 2.24) is 0 Å². The van der Waals surface area contributed by atoms with Crippen LogP contribution in [0.15, 0.2) is 30.9 Å². The summed E-state index contributed by atoms with van der Waals surface area (Å²) in [6.07, 6.45) is 2.66. The predicted octanol–water partition coefficient (Wildman–Crippen LogP) is 1.25. The number of allylic oxidation sites excluding steroid dienone is 1. The third-order valence-electron chi connectivity index (χ3n) is 2.05. The molecule has 4 nitrogen and oxygen atoms in total. The maximum Gasteiger partial charge on any atom is 0.220 e. The van der Waals surface area contributed by atoms with E-state index in [2.05, 4.69) is 6.58 Å². The minimum absolute atomic E-state index is 0.206. The fourth-order valence-electron chi connectivity index (χ4n) is 1.32. The quantitative estimate of drug-likeness (QED) is 0.559. The smallest absolute Gasteiger partial charge is 0.220 e. The second-order valence-electron chi connectivity index (χ2n) is 3.42. The highest BCUT2D eigenvalue weighted by molar-refractivity contribution is 5.73. The minimum Gasteiger partial charge on any atom is -0.493 e. The van der Waals surface area contributed by atoms with Gasteiger partial charge in [-0.2, -0.15) is 0 Å². The van der Waals surface area contributed by atoms with Crippen molar-refractivity contribution in [2.75, 3.05) is 12.3 Å². The molecule has 0 saturated carbocycles. The second-order valence-corrected chi connectivity index (χ2v) is 3.42. The van der Waals surface area contributed by atoms with E-state index in [4.69, 9.17) is 16.2 Å². The highest BCUT2D eigenvalue weighted by Crippen LogP contribution is 2.22. The van der Waals surface area contributed by atoms with Crippen LogP contribution in [0, 0.1) is 0 Å². The maximum atomic E-state index is 10.6. The van der Waals surface area contributed by atoms with Gasteiger partial charge in [0.15, 0.2) is 0 Å². The van der Waals surface area contributed by atoms with Gasteiger partial charge in [-0.1, -0.05) is 6.08 Å². The van der Waals surface area contributed by atoms with Crippen molar-refractivity contribution in [1.29, 1.82) is 0 Å². The number of anilines is 1. The van der Waals surface area contributed by atoms with Crippen molar-refractivity contribution in [3.05, 3.63) is 36.4 Å². The van der Waals surface area contributed by atoms with Crippen molar-refractivity contribution < 1.29 is 9.53 Å². The van der Waals surface area contributed by atoms with E-state index in [1.165, 1.54) is 0 Å². The first-order valence-electron chi connectivity index (χ1n) is 5.04. The molecule has 1 amide bonds. The number of nitrogens with two attached hydrogens (primary N) is 2. The molecule has 0 unspecified atom stereocenters. The van der Waals surface area contributed by atoms with Crippen molar-refractivity contribution in [2.45, 2.75) is 12.8 Å². The molecular formula is C12H16N2O2. The lowest BCUT2D eigenvalue weighted by Gasteiger charge is -2.10. The van der Waals surface area contributed by atoms with Crippen LogP contribution in [0.25, 0.3) is 0 Å². The standard InChI is InChI=1S/C12H16N2O2/c1-2-3-9-8-10(13)4-5-11(9)16-7-6-12(14)15/h2,4-5,8H,1,3,6-7,13H2,(H2,14,15). The molecule has 0 aliphatic carbocycles. The number of amides is 1. The van der Waals surface area contributed by atoms with Gasteiger partial charge in [0.1, 0.15) is 5.75 Å². The molecular weight excluding hydrogens is 204 g/mol. The Bertz CT molecular complexity index is 389. The van der Waals surface area contributed by atoms with Crippen LogP contribution in [0.4, 0.5) is 5.69 Å². The molecule has 4 heteroatoms. The zero-order valence-corrected chi connectivity index (χ0v) is 9.11. The van der Waals surface area contributed by atoms with Gasteiger partial charge in [-0.25, -0.2) is 0 Å². The maximum absolute atomic E-state index is 10.6. The summed E-state index contributed by atoms with van der Waals surface area (Å²) in [6, 6.07) is 5.38. The van der Waals surface area contributed by atoms with E-state index in [0.717, 1.165) is 11.3 Å². The molecule has 0 heterocycles. The molecule has 0 fully saturated rings. The predicted molar refractivity (Wildman–Crippen MR) is 64.1 cm³/mol. The Morgan fingerprint density at radius 3 is 2.88 bits per heavy atom. The van der Waals surface area contributed by atoms with Crippen molar-refractivity contribution in [2.24, 2.45) is 5.73 Å². The van der Waals surface area contributed by atoms with E-state index in [0.29, 0.717) is 12.1 Å². The summed E-state index contributed by atoms with van der Waals surface area (Å²) in [5, 5.41) is 0. The molecule has 4 N–H and O–H groups in total. The number of nitrogen functional groups attached to an aromatic ring is 1. The van der Waals surface area contributed by atoms with E-state index in [1.807, 2.05) is 6.07 Å². The highest BCUT2D eigenvalue weighted by Gasteiger charge is 2.03. The van der Waals surface area contributed by atoms with E-state index in [1.54, 1.807) is 18.2 Å². The zero-order valence-electron chi connectivity index (χ0n) is 9.11. The number of benzene rings is 1. The molecule has 0 atom stereocenters. The van der Waals surface area contributed by atoms with Gasteiger partial charge in [-0.05, 0) is 30.2 Å². The molecule has 0 aliphatic rings. The van der Waals surface area contributed by atoms with Crippen LogP contribution >= 0.6 is 0 Å².